The Balaban J connectivity index is 3.00. The molecule has 0 radical (unpaired) electrons. The molecule has 0 aliphatic heterocycles. The average Bonchev–Trinajstić information content (AvgIpc) is 2.43. The largest absolute Gasteiger partial charge is 0.465 e. The molecule has 8 nitrogen and oxygen atoms in total. The van der Waals surface area contributed by atoms with Crippen molar-refractivity contribution in [2.45, 2.75) is 6.42 Å². The highest BCUT2D eigenvalue weighted by Crippen LogP contribution is 2.21. The summed E-state index contributed by atoms with van der Waals surface area (Å²) in [6.45, 7) is 0.477. The number of methoxy groups -OCH3 is 1. The topological polar surface area (TPSA) is 111 Å². The van der Waals surface area contributed by atoms with Gasteiger partial charge in [-0.3, -0.25) is 14.9 Å². The van der Waals surface area contributed by atoms with Gasteiger partial charge in [0.1, 0.15) is 0 Å². The molecule has 20 heavy (non-hydrogen) atoms. The number of nitro groups is 1. The number of esters is 1. The Hall–Kier alpha value is -2.48. The first kappa shape index (κ1) is 15.6. The summed E-state index contributed by atoms with van der Waals surface area (Å²) in [4.78, 5) is 33.2. The van der Waals surface area contributed by atoms with Gasteiger partial charge in [0.15, 0.2) is 0 Å². The lowest BCUT2D eigenvalue weighted by molar-refractivity contribution is -0.384. The lowest BCUT2D eigenvalue weighted by atomic mass is 10.1. The van der Waals surface area contributed by atoms with Crippen molar-refractivity contribution >= 4 is 23.3 Å². The molecule has 0 atom stereocenters. The number of hydrogen-bond donors (Lipinski definition) is 2. The number of nitro benzene ring substituents is 1. The maximum atomic E-state index is 11.6. The van der Waals surface area contributed by atoms with Crippen LogP contribution in [-0.4, -0.2) is 37.5 Å². The second-order valence-electron chi connectivity index (χ2n) is 3.92. The second kappa shape index (κ2) is 7.19. The van der Waals surface area contributed by atoms with Gasteiger partial charge < -0.3 is 15.4 Å². The number of carbonyl (C=O) groups excluding carboxylic acids is 2. The number of carbonyl (C=O) groups is 2. The van der Waals surface area contributed by atoms with Gasteiger partial charge >= 0.3 is 5.97 Å². The number of anilines is 1. The molecule has 0 saturated heterocycles. The number of benzene rings is 1. The average molecular weight is 281 g/mol. The van der Waals surface area contributed by atoms with Gasteiger partial charge in [0.25, 0.3) is 5.69 Å². The molecule has 0 heterocycles. The number of ether oxygens (including phenoxy) is 1. The van der Waals surface area contributed by atoms with E-state index < -0.39 is 10.9 Å². The first-order valence-electron chi connectivity index (χ1n) is 5.80. The van der Waals surface area contributed by atoms with E-state index in [9.17, 15) is 19.7 Å². The van der Waals surface area contributed by atoms with Gasteiger partial charge in [-0.15, -0.1) is 0 Å². The van der Waals surface area contributed by atoms with Gasteiger partial charge in [-0.1, -0.05) is 0 Å². The van der Waals surface area contributed by atoms with Crippen molar-refractivity contribution in [1.29, 1.82) is 0 Å². The molecule has 1 aromatic carbocycles. The van der Waals surface area contributed by atoms with Crippen LogP contribution in [0.3, 0.4) is 0 Å². The minimum absolute atomic E-state index is 0.00520. The van der Waals surface area contributed by atoms with Gasteiger partial charge in [-0.05, 0) is 13.1 Å². The van der Waals surface area contributed by atoms with Crippen LogP contribution in [0.2, 0.25) is 0 Å². The van der Waals surface area contributed by atoms with Crippen molar-refractivity contribution in [2.75, 3.05) is 26.0 Å². The van der Waals surface area contributed by atoms with Crippen LogP contribution < -0.4 is 10.6 Å². The van der Waals surface area contributed by atoms with Gasteiger partial charge in [0.05, 0.1) is 17.6 Å². The van der Waals surface area contributed by atoms with Gasteiger partial charge in [-0.25, -0.2) is 4.79 Å². The molecule has 0 spiro atoms. The van der Waals surface area contributed by atoms with Crippen molar-refractivity contribution in [2.24, 2.45) is 0 Å². The summed E-state index contributed by atoms with van der Waals surface area (Å²) in [6, 6.07) is 3.61. The van der Waals surface area contributed by atoms with E-state index in [2.05, 4.69) is 15.4 Å². The summed E-state index contributed by atoms with van der Waals surface area (Å²) in [5, 5.41) is 16.1. The molecule has 0 bridgehead atoms. The normalized spacial score (nSPS) is 9.90. The molecule has 1 amide bonds. The van der Waals surface area contributed by atoms with E-state index in [0.717, 1.165) is 6.07 Å². The molecule has 108 valence electrons. The number of rotatable bonds is 6. The Morgan fingerprint density at radius 3 is 2.60 bits per heavy atom. The first-order valence-corrected chi connectivity index (χ1v) is 5.80. The maximum absolute atomic E-state index is 11.6. The molecule has 1 rings (SSSR count). The SMILES string of the molecule is CNCCC(=O)Nc1cc(C(=O)OC)cc([N+](=O)[O-])c1. The predicted molar refractivity (Wildman–Crippen MR) is 71.6 cm³/mol. The minimum Gasteiger partial charge on any atom is -0.465 e. The highest BCUT2D eigenvalue weighted by molar-refractivity contribution is 5.95. The van der Waals surface area contributed by atoms with Gasteiger partial charge in [0, 0.05) is 30.8 Å². The van der Waals surface area contributed by atoms with Crippen molar-refractivity contribution in [3.05, 3.63) is 33.9 Å². The quantitative estimate of drug-likeness (QED) is 0.456. The molecule has 0 aliphatic carbocycles. The highest BCUT2D eigenvalue weighted by Gasteiger charge is 2.15. The Labute approximate surface area is 115 Å². The molecule has 0 aliphatic rings. The van der Waals surface area contributed by atoms with Crippen LogP contribution in [0.4, 0.5) is 11.4 Å². The van der Waals surface area contributed by atoms with Crippen LogP contribution in [-0.2, 0) is 9.53 Å². The van der Waals surface area contributed by atoms with Crippen molar-refractivity contribution in [1.82, 2.24) is 5.32 Å². The molecule has 1 aromatic rings. The fourth-order valence-corrected chi connectivity index (χ4v) is 1.49. The summed E-state index contributed by atoms with van der Waals surface area (Å²) in [7, 11) is 2.88. The summed E-state index contributed by atoms with van der Waals surface area (Å²) in [6.07, 6.45) is 0.215. The van der Waals surface area contributed by atoms with Crippen LogP contribution in [0.5, 0.6) is 0 Å². The molecular weight excluding hydrogens is 266 g/mol. The molecule has 0 fully saturated rings. The third-order valence-electron chi connectivity index (χ3n) is 2.44. The third-order valence-corrected chi connectivity index (χ3v) is 2.44. The van der Waals surface area contributed by atoms with E-state index in [1.54, 1.807) is 7.05 Å². The Bertz CT molecular complexity index is 530. The minimum atomic E-state index is -0.709. The number of nitrogens with one attached hydrogen (secondary N) is 2. The zero-order valence-corrected chi connectivity index (χ0v) is 11.1. The standard InChI is InChI=1S/C12H15N3O5/c1-13-4-3-11(16)14-9-5-8(12(17)20-2)6-10(7-9)15(18)19/h5-7,13H,3-4H2,1-2H3,(H,14,16). The number of hydrogen-bond acceptors (Lipinski definition) is 6. The Morgan fingerprint density at radius 1 is 1.35 bits per heavy atom. The smallest absolute Gasteiger partial charge is 0.338 e. The van der Waals surface area contributed by atoms with Crippen LogP contribution in [0.25, 0.3) is 0 Å². The fourth-order valence-electron chi connectivity index (χ4n) is 1.49. The number of nitrogens with zero attached hydrogens (tertiary/aromatic N) is 1. The summed E-state index contributed by atoms with van der Waals surface area (Å²) in [5.74, 6) is -1.02. The first-order chi connectivity index (χ1) is 9.47. The fraction of sp³-hybridized carbons (Fsp3) is 0.333. The zero-order chi connectivity index (χ0) is 15.1. The summed E-state index contributed by atoms with van der Waals surface area (Å²) >= 11 is 0. The van der Waals surface area contributed by atoms with Crippen LogP contribution in [0.15, 0.2) is 18.2 Å². The van der Waals surface area contributed by atoms with Crippen LogP contribution in [0, 0.1) is 10.1 Å². The lowest BCUT2D eigenvalue weighted by Crippen LogP contribution is -2.19. The highest BCUT2D eigenvalue weighted by atomic mass is 16.6. The lowest BCUT2D eigenvalue weighted by Gasteiger charge is -2.07. The van der Waals surface area contributed by atoms with E-state index in [0.29, 0.717) is 6.54 Å². The molecule has 8 heteroatoms. The van der Waals surface area contributed by atoms with E-state index in [4.69, 9.17) is 0 Å². The number of amides is 1. The number of non-ortho nitro benzene ring substituents is 1. The molecule has 2 N–H and O–H groups in total. The van der Waals surface area contributed by atoms with Crippen molar-refractivity contribution in [3.63, 3.8) is 0 Å². The van der Waals surface area contributed by atoms with E-state index in [1.807, 2.05) is 0 Å². The van der Waals surface area contributed by atoms with Gasteiger partial charge in [-0.2, -0.15) is 0 Å². The van der Waals surface area contributed by atoms with Gasteiger partial charge in [0.2, 0.25) is 5.91 Å². The summed E-state index contributed by atoms with van der Waals surface area (Å²) < 4.78 is 4.51. The second-order valence-corrected chi connectivity index (χ2v) is 3.92. The molecule has 0 saturated carbocycles. The van der Waals surface area contributed by atoms with E-state index in [-0.39, 0.29) is 29.3 Å². The Kier molecular flexibility index (Phi) is 5.60. The monoisotopic (exact) mass is 281 g/mol. The Morgan fingerprint density at radius 2 is 2.05 bits per heavy atom. The van der Waals surface area contributed by atoms with E-state index >= 15 is 0 Å². The van der Waals surface area contributed by atoms with Crippen molar-refractivity contribution in [3.8, 4) is 0 Å². The van der Waals surface area contributed by atoms with Crippen LogP contribution in [0.1, 0.15) is 16.8 Å². The molecule has 0 aromatic heterocycles. The van der Waals surface area contributed by atoms with Crippen LogP contribution >= 0.6 is 0 Å². The molecule has 0 unspecified atom stereocenters. The maximum Gasteiger partial charge on any atom is 0.338 e. The summed E-state index contributed by atoms with van der Waals surface area (Å²) in [5.41, 5.74) is -0.108. The predicted octanol–water partition coefficient (Wildman–Crippen LogP) is 0.929. The zero-order valence-electron chi connectivity index (χ0n) is 11.1. The third kappa shape index (κ3) is 4.32. The van der Waals surface area contributed by atoms with Crippen molar-refractivity contribution < 1.29 is 19.2 Å². The van der Waals surface area contributed by atoms with E-state index in [1.165, 1.54) is 19.2 Å². The molecular formula is C12H15N3O5.